The van der Waals surface area contributed by atoms with E-state index in [1.807, 2.05) is 6.26 Å². The van der Waals surface area contributed by atoms with Crippen LogP contribution in [0.2, 0.25) is 0 Å². The molecule has 21 heavy (non-hydrogen) atoms. The maximum atomic E-state index is 11.3. The number of carbonyl (C=O) groups is 1. The lowest BCUT2D eigenvalue weighted by atomic mass is 10.2. The molecule has 0 atom stereocenters. The largest absolute Gasteiger partial charge is 0.529 e. The van der Waals surface area contributed by atoms with Gasteiger partial charge in [-0.2, -0.15) is 0 Å². The predicted octanol–water partition coefficient (Wildman–Crippen LogP) is 2.80. The predicted molar refractivity (Wildman–Crippen MR) is 78.9 cm³/mol. The number of nitro benzene ring substituents is 1. The normalized spacial score (nSPS) is 10.1. The van der Waals surface area contributed by atoms with Gasteiger partial charge in [0, 0.05) is 28.4 Å². The van der Waals surface area contributed by atoms with Crippen molar-refractivity contribution >= 4 is 34.9 Å². The van der Waals surface area contributed by atoms with Crippen molar-refractivity contribution in [1.82, 2.24) is 0 Å². The molecule has 0 saturated carbocycles. The highest BCUT2D eigenvalue weighted by molar-refractivity contribution is 7.98. The number of carbonyl (C=O) groups excluding carboxylic acids is 1. The summed E-state index contributed by atoms with van der Waals surface area (Å²) in [7, 11) is 0. The molecule has 0 saturated heterocycles. The van der Waals surface area contributed by atoms with Crippen LogP contribution in [0.3, 0.4) is 0 Å². The summed E-state index contributed by atoms with van der Waals surface area (Å²) < 4.78 is 0. The summed E-state index contributed by atoms with van der Waals surface area (Å²) in [6.45, 7) is 0. The lowest BCUT2D eigenvalue weighted by Gasteiger charge is -2.25. The minimum atomic E-state index is -1.40. The summed E-state index contributed by atoms with van der Waals surface area (Å²) in [5, 5.41) is 22.0. The van der Waals surface area contributed by atoms with Gasteiger partial charge in [0.05, 0.1) is 4.92 Å². The van der Waals surface area contributed by atoms with Gasteiger partial charge < -0.3 is 9.90 Å². The molecule has 2 rings (SSSR count). The summed E-state index contributed by atoms with van der Waals surface area (Å²) in [5.74, 6) is 0. The van der Waals surface area contributed by atoms with Crippen molar-refractivity contribution in [3.8, 4) is 0 Å². The number of nitro groups is 1. The van der Waals surface area contributed by atoms with Crippen molar-refractivity contribution in [1.29, 1.82) is 0 Å². The van der Waals surface area contributed by atoms with Crippen LogP contribution in [0.5, 0.6) is 0 Å². The van der Waals surface area contributed by atoms with E-state index in [0.29, 0.717) is 5.69 Å². The third-order valence-electron chi connectivity index (χ3n) is 2.83. The van der Waals surface area contributed by atoms with Gasteiger partial charge in [0.2, 0.25) is 0 Å². The highest BCUT2D eigenvalue weighted by atomic mass is 32.2. The molecule has 2 aromatic carbocycles. The zero-order valence-corrected chi connectivity index (χ0v) is 11.9. The average Bonchev–Trinajstić information content (AvgIpc) is 2.48. The Labute approximate surface area is 125 Å². The van der Waals surface area contributed by atoms with Gasteiger partial charge in [-0.25, -0.2) is 0 Å². The van der Waals surface area contributed by atoms with Crippen molar-refractivity contribution in [2.24, 2.45) is 0 Å². The van der Waals surface area contributed by atoms with E-state index < -0.39 is 11.0 Å². The fourth-order valence-electron chi connectivity index (χ4n) is 1.81. The number of non-ortho nitro benzene ring substituents is 1. The van der Waals surface area contributed by atoms with Gasteiger partial charge in [-0.3, -0.25) is 15.0 Å². The Morgan fingerprint density at radius 3 is 1.90 bits per heavy atom. The highest BCUT2D eigenvalue weighted by Gasteiger charge is 2.12. The summed E-state index contributed by atoms with van der Waals surface area (Å²) in [4.78, 5) is 23.4. The van der Waals surface area contributed by atoms with Gasteiger partial charge in [0.25, 0.3) is 5.69 Å². The molecule has 0 spiro atoms. The number of anilines is 2. The molecule has 0 bridgehead atoms. The van der Waals surface area contributed by atoms with Crippen LogP contribution in [-0.4, -0.2) is 17.3 Å². The van der Waals surface area contributed by atoms with Gasteiger partial charge in [-0.1, -0.05) is 0 Å². The molecule has 0 aromatic heterocycles. The summed E-state index contributed by atoms with van der Waals surface area (Å²) >= 11 is 1.54. The summed E-state index contributed by atoms with van der Waals surface area (Å²) in [6, 6.07) is 12.1. The van der Waals surface area contributed by atoms with Crippen LogP contribution in [-0.2, 0) is 0 Å². The van der Waals surface area contributed by atoms with E-state index >= 15 is 0 Å². The third kappa shape index (κ3) is 3.32. The van der Waals surface area contributed by atoms with E-state index in [2.05, 4.69) is 0 Å². The molecule has 0 heterocycles. The van der Waals surface area contributed by atoms with Gasteiger partial charge in [0.1, 0.15) is 6.09 Å². The molecule has 0 fully saturated rings. The van der Waals surface area contributed by atoms with Crippen LogP contribution in [0, 0.1) is 10.1 Å². The number of nitrogens with zero attached hydrogens (tertiary/aromatic N) is 2. The minimum Gasteiger partial charge on any atom is -0.529 e. The number of thioether (sulfide) groups is 1. The molecule has 0 unspecified atom stereocenters. The van der Waals surface area contributed by atoms with Crippen LogP contribution in [0.25, 0.3) is 0 Å². The Morgan fingerprint density at radius 2 is 1.52 bits per heavy atom. The number of benzene rings is 2. The fraction of sp³-hybridized carbons (Fsp3) is 0.0714. The summed E-state index contributed by atoms with van der Waals surface area (Å²) in [5.41, 5.74) is 0.605. The smallest absolute Gasteiger partial charge is 0.269 e. The number of amides is 1. The molecule has 7 heteroatoms. The standard InChI is InChI=1S/C14H12N2O4S/c1-21-13-8-6-11(7-9-13)15(14(17)18)10-2-4-12(5-3-10)16(19)20/h2-9H,1H3,(H,17,18)/p-1. The molecule has 6 nitrogen and oxygen atoms in total. The number of carboxylic acid groups (broad SMARTS) is 1. The van der Waals surface area contributed by atoms with E-state index in [-0.39, 0.29) is 11.4 Å². The number of hydrogen-bond donors (Lipinski definition) is 0. The van der Waals surface area contributed by atoms with E-state index in [0.717, 1.165) is 9.80 Å². The van der Waals surface area contributed by atoms with E-state index in [1.165, 1.54) is 24.3 Å². The van der Waals surface area contributed by atoms with Crippen molar-refractivity contribution in [2.45, 2.75) is 4.90 Å². The lowest BCUT2D eigenvalue weighted by Crippen LogP contribution is -2.37. The zero-order chi connectivity index (χ0) is 15.4. The average molecular weight is 303 g/mol. The Hall–Kier alpha value is -2.54. The summed E-state index contributed by atoms with van der Waals surface area (Å²) in [6.07, 6.45) is 0.516. The maximum Gasteiger partial charge on any atom is 0.269 e. The van der Waals surface area contributed by atoms with Crippen molar-refractivity contribution < 1.29 is 14.8 Å². The molecule has 2 aromatic rings. The first-order valence-electron chi connectivity index (χ1n) is 5.92. The second-order valence-corrected chi connectivity index (χ2v) is 4.95. The van der Waals surface area contributed by atoms with E-state index in [9.17, 15) is 20.0 Å². The number of rotatable bonds is 4. The minimum absolute atomic E-state index is 0.102. The van der Waals surface area contributed by atoms with E-state index in [4.69, 9.17) is 0 Å². The van der Waals surface area contributed by atoms with Crippen LogP contribution in [0.1, 0.15) is 0 Å². The van der Waals surface area contributed by atoms with Crippen LogP contribution >= 0.6 is 11.8 Å². The second kappa shape index (κ2) is 6.27. The zero-order valence-electron chi connectivity index (χ0n) is 11.1. The van der Waals surface area contributed by atoms with Crippen molar-refractivity contribution in [2.75, 3.05) is 11.2 Å². The van der Waals surface area contributed by atoms with Crippen LogP contribution < -0.4 is 10.0 Å². The first-order chi connectivity index (χ1) is 10.0. The molecule has 1 amide bonds. The quantitative estimate of drug-likeness (QED) is 0.492. The van der Waals surface area contributed by atoms with Gasteiger partial charge in [-0.15, -0.1) is 11.8 Å². The van der Waals surface area contributed by atoms with E-state index in [1.54, 1.807) is 36.0 Å². The fourth-order valence-corrected chi connectivity index (χ4v) is 2.22. The molecular weight excluding hydrogens is 292 g/mol. The maximum absolute atomic E-state index is 11.3. The van der Waals surface area contributed by atoms with Gasteiger partial charge in [0.15, 0.2) is 0 Å². The Bertz CT molecular complexity index is 656. The van der Waals surface area contributed by atoms with Crippen LogP contribution in [0.15, 0.2) is 53.4 Å². The van der Waals surface area contributed by atoms with Gasteiger partial charge >= 0.3 is 0 Å². The Balaban J connectivity index is 2.38. The molecule has 108 valence electrons. The number of hydrogen-bond acceptors (Lipinski definition) is 5. The first-order valence-corrected chi connectivity index (χ1v) is 7.15. The molecular formula is C14H11N2O4S-. The third-order valence-corrected chi connectivity index (χ3v) is 3.58. The molecule has 0 radical (unpaired) electrons. The second-order valence-electron chi connectivity index (χ2n) is 4.07. The molecule has 0 aliphatic rings. The molecule has 0 aliphatic heterocycles. The monoisotopic (exact) mass is 303 g/mol. The molecule has 0 N–H and O–H groups in total. The van der Waals surface area contributed by atoms with Crippen LogP contribution in [0.4, 0.5) is 21.9 Å². The van der Waals surface area contributed by atoms with Gasteiger partial charge in [-0.05, 0) is 42.7 Å². The topological polar surface area (TPSA) is 86.5 Å². The highest BCUT2D eigenvalue weighted by Crippen LogP contribution is 2.28. The lowest BCUT2D eigenvalue weighted by molar-refractivity contribution is -0.384. The Morgan fingerprint density at radius 1 is 1.05 bits per heavy atom. The SMILES string of the molecule is CSc1ccc(N(C(=O)[O-])c2ccc([N+](=O)[O-])cc2)cc1. The first kappa shape index (κ1) is 14.9. The molecule has 0 aliphatic carbocycles. The van der Waals surface area contributed by atoms with Crippen molar-refractivity contribution in [3.05, 3.63) is 58.6 Å². The van der Waals surface area contributed by atoms with Crippen molar-refractivity contribution in [3.63, 3.8) is 0 Å². The Kier molecular flexibility index (Phi) is 4.44.